The number of carbonyl (C=O) groups excluding carboxylic acids is 2. The smallest absolute Gasteiger partial charge is 0.254 e. The second-order valence-electron chi connectivity index (χ2n) is 10.3. The molecule has 0 aromatic heterocycles. The first-order valence-electron chi connectivity index (χ1n) is 14.0. The van der Waals surface area contributed by atoms with Crippen molar-refractivity contribution in [2.75, 3.05) is 33.3 Å². The molecule has 1 heterocycles. The number of methoxy groups -OCH3 is 3. The zero-order valence-corrected chi connectivity index (χ0v) is 24.6. The summed E-state index contributed by atoms with van der Waals surface area (Å²) in [4.78, 5) is 28.0. The Bertz CT molecular complexity index is 1560. The first-order chi connectivity index (χ1) is 20.4. The van der Waals surface area contributed by atoms with Gasteiger partial charge in [0.1, 0.15) is 11.5 Å². The molecule has 8 heteroatoms. The number of hydrogen-bond donors (Lipinski definition) is 2. The molecule has 3 aromatic rings. The number of dihydropyridines is 1. The molecule has 5 rings (SSSR count). The van der Waals surface area contributed by atoms with Crippen LogP contribution in [-0.2, 0) is 9.59 Å². The number of ketones is 1. The maximum absolute atomic E-state index is 14.0. The minimum Gasteiger partial charge on any atom is -0.495 e. The summed E-state index contributed by atoms with van der Waals surface area (Å²) in [6.45, 7) is 4.36. The van der Waals surface area contributed by atoms with Gasteiger partial charge in [-0.3, -0.25) is 9.59 Å². The van der Waals surface area contributed by atoms with Crippen molar-refractivity contribution >= 4 is 17.4 Å². The van der Waals surface area contributed by atoms with Crippen LogP contribution < -0.4 is 29.6 Å². The highest BCUT2D eigenvalue weighted by atomic mass is 16.5. The molecular weight excluding hydrogens is 532 g/mol. The van der Waals surface area contributed by atoms with E-state index in [2.05, 4.69) is 10.6 Å². The van der Waals surface area contributed by atoms with Crippen molar-refractivity contribution in [1.29, 1.82) is 0 Å². The summed E-state index contributed by atoms with van der Waals surface area (Å²) < 4.78 is 22.0. The van der Waals surface area contributed by atoms with Crippen LogP contribution in [-0.4, -0.2) is 39.6 Å². The van der Waals surface area contributed by atoms with E-state index in [1.54, 1.807) is 33.5 Å². The number of allylic oxidation sites excluding steroid dienone is 3. The van der Waals surface area contributed by atoms with E-state index in [1.807, 2.05) is 68.4 Å². The normalized spacial score (nSPS) is 18.2. The van der Waals surface area contributed by atoms with Gasteiger partial charge in [-0.2, -0.15) is 0 Å². The fourth-order valence-corrected chi connectivity index (χ4v) is 5.88. The number of Topliss-reactive ketones (excluding diaryl/α,β-unsaturated/α-hetero) is 1. The minimum absolute atomic E-state index is 0.00230. The zero-order valence-electron chi connectivity index (χ0n) is 24.6. The topological polar surface area (TPSA) is 95.1 Å². The molecule has 0 spiro atoms. The van der Waals surface area contributed by atoms with Crippen LogP contribution in [0.4, 0.5) is 5.69 Å². The van der Waals surface area contributed by atoms with Gasteiger partial charge in [0.05, 0.1) is 33.6 Å². The van der Waals surface area contributed by atoms with Crippen molar-refractivity contribution in [3.8, 4) is 23.0 Å². The Balaban J connectivity index is 1.55. The lowest BCUT2D eigenvalue weighted by Gasteiger charge is -2.37. The Kier molecular flexibility index (Phi) is 8.52. The second kappa shape index (κ2) is 12.4. The van der Waals surface area contributed by atoms with Crippen LogP contribution in [0.25, 0.3) is 0 Å². The lowest BCUT2D eigenvalue weighted by molar-refractivity contribution is -0.116. The van der Waals surface area contributed by atoms with Crippen LogP contribution in [0.3, 0.4) is 0 Å². The highest BCUT2D eigenvalue weighted by molar-refractivity contribution is 6.10. The zero-order chi connectivity index (χ0) is 29.8. The standard InChI is InChI=1S/C34H36N2O6/c1-6-42-24-14-11-21(12-15-24)32-31(34(38)36-25-9-7-8-10-28(25)39-3)20(2)35-26-17-23(18-27(37)33(26)32)22-13-16-29(40-4)30(19-22)41-5/h7-16,19,23,32,35H,6,17-18H2,1-5H3,(H,36,38)/t23-,32+/m0/s1. The summed E-state index contributed by atoms with van der Waals surface area (Å²) in [7, 11) is 4.76. The van der Waals surface area contributed by atoms with E-state index in [-0.39, 0.29) is 17.6 Å². The molecule has 2 N–H and O–H groups in total. The van der Waals surface area contributed by atoms with E-state index < -0.39 is 5.92 Å². The van der Waals surface area contributed by atoms with Crippen LogP contribution in [0.5, 0.6) is 23.0 Å². The molecule has 218 valence electrons. The van der Waals surface area contributed by atoms with Crippen molar-refractivity contribution in [3.63, 3.8) is 0 Å². The number of anilines is 1. The largest absolute Gasteiger partial charge is 0.495 e. The van der Waals surface area contributed by atoms with Crippen LogP contribution in [0.2, 0.25) is 0 Å². The van der Waals surface area contributed by atoms with E-state index in [0.717, 1.165) is 22.6 Å². The van der Waals surface area contributed by atoms with Gasteiger partial charge in [0.25, 0.3) is 5.91 Å². The summed E-state index contributed by atoms with van der Waals surface area (Å²) >= 11 is 0. The summed E-state index contributed by atoms with van der Waals surface area (Å²) in [6, 6.07) is 20.7. The highest BCUT2D eigenvalue weighted by Gasteiger charge is 2.41. The molecule has 0 saturated carbocycles. The minimum atomic E-state index is -0.550. The molecule has 0 unspecified atom stereocenters. The molecule has 2 aliphatic rings. The van der Waals surface area contributed by atoms with E-state index in [1.165, 1.54) is 0 Å². The number of benzene rings is 3. The van der Waals surface area contributed by atoms with Crippen LogP contribution >= 0.6 is 0 Å². The lowest BCUT2D eigenvalue weighted by Crippen LogP contribution is -2.37. The monoisotopic (exact) mass is 568 g/mol. The average molecular weight is 569 g/mol. The average Bonchev–Trinajstić information content (AvgIpc) is 3.00. The Hall–Kier alpha value is -4.72. The van der Waals surface area contributed by atoms with Crippen LogP contribution in [0.15, 0.2) is 89.3 Å². The Morgan fingerprint density at radius 1 is 0.881 bits per heavy atom. The fourth-order valence-electron chi connectivity index (χ4n) is 5.88. The predicted molar refractivity (Wildman–Crippen MR) is 161 cm³/mol. The molecule has 0 saturated heterocycles. The van der Waals surface area contributed by atoms with E-state index in [4.69, 9.17) is 18.9 Å². The number of rotatable bonds is 9. The molecule has 42 heavy (non-hydrogen) atoms. The molecule has 0 bridgehead atoms. The molecule has 8 nitrogen and oxygen atoms in total. The lowest BCUT2D eigenvalue weighted by atomic mass is 9.71. The van der Waals surface area contributed by atoms with E-state index in [9.17, 15) is 9.59 Å². The molecule has 0 fully saturated rings. The highest BCUT2D eigenvalue weighted by Crippen LogP contribution is 2.47. The number of hydrogen-bond acceptors (Lipinski definition) is 7. The van der Waals surface area contributed by atoms with Gasteiger partial charge in [-0.25, -0.2) is 0 Å². The van der Waals surface area contributed by atoms with Gasteiger partial charge in [-0.15, -0.1) is 0 Å². The van der Waals surface area contributed by atoms with Crippen molar-refractivity contribution in [1.82, 2.24) is 5.32 Å². The van der Waals surface area contributed by atoms with Gasteiger partial charge in [0.15, 0.2) is 17.3 Å². The first kappa shape index (κ1) is 28.8. The molecule has 1 aliphatic carbocycles. The SMILES string of the molecule is CCOc1ccc([C@@H]2C(C(=O)Nc3ccccc3OC)=C(C)NC3=C2C(=O)C[C@@H](c2ccc(OC)c(OC)c2)C3)cc1. The predicted octanol–water partition coefficient (Wildman–Crippen LogP) is 6.11. The summed E-state index contributed by atoms with van der Waals surface area (Å²) in [5.41, 5.74) is 5.02. The third kappa shape index (κ3) is 5.57. The quantitative estimate of drug-likeness (QED) is 0.322. The molecular formula is C34H36N2O6. The third-order valence-corrected chi connectivity index (χ3v) is 7.83. The van der Waals surface area contributed by atoms with Crippen molar-refractivity contribution in [3.05, 3.63) is 100 Å². The third-order valence-electron chi connectivity index (χ3n) is 7.83. The van der Waals surface area contributed by atoms with E-state index >= 15 is 0 Å². The summed E-state index contributed by atoms with van der Waals surface area (Å²) in [6.07, 6.45) is 0.923. The van der Waals surface area contributed by atoms with Gasteiger partial charge in [0, 0.05) is 34.9 Å². The molecule has 1 aliphatic heterocycles. The van der Waals surface area contributed by atoms with Crippen LogP contribution in [0, 0.1) is 0 Å². The molecule has 1 amide bonds. The summed E-state index contributed by atoms with van der Waals surface area (Å²) in [5, 5.41) is 6.46. The first-order valence-corrected chi connectivity index (χ1v) is 14.0. The second-order valence-corrected chi connectivity index (χ2v) is 10.3. The number of amides is 1. The summed E-state index contributed by atoms with van der Waals surface area (Å²) in [5.74, 6) is 1.64. The van der Waals surface area contributed by atoms with Crippen molar-refractivity contribution in [2.45, 2.75) is 38.5 Å². The molecule has 3 aromatic carbocycles. The Morgan fingerprint density at radius 3 is 2.26 bits per heavy atom. The van der Waals surface area contributed by atoms with Gasteiger partial charge < -0.3 is 29.6 Å². The van der Waals surface area contributed by atoms with Gasteiger partial charge in [-0.1, -0.05) is 30.3 Å². The van der Waals surface area contributed by atoms with E-state index in [0.29, 0.717) is 59.2 Å². The van der Waals surface area contributed by atoms with Gasteiger partial charge in [0.2, 0.25) is 0 Å². The number of ether oxygens (including phenoxy) is 4. The van der Waals surface area contributed by atoms with Crippen molar-refractivity contribution in [2.24, 2.45) is 0 Å². The maximum atomic E-state index is 14.0. The van der Waals surface area contributed by atoms with Crippen molar-refractivity contribution < 1.29 is 28.5 Å². The maximum Gasteiger partial charge on any atom is 0.254 e. The fraction of sp³-hybridized carbons (Fsp3) is 0.294. The number of carbonyl (C=O) groups is 2. The molecule has 0 radical (unpaired) electrons. The Labute approximate surface area is 246 Å². The number of nitrogens with one attached hydrogen (secondary N) is 2. The van der Waals surface area contributed by atoms with Gasteiger partial charge >= 0.3 is 0 Å². The number of para-hydroxylation sites is 2. The van der Waals surface area contributed by atoms with Gasteiger partial charge in [-0.05, 0) is 73.7 Å². The molecule has 2 atom stereocenters. The van der Waals surface area contributed by atoms with Crippen LogP contribution in [0.1, 0.15) is 49.7 Å². The Morgan fingerprint density at radius 2 is 1.57 bits per heavy atom.